The highest BCUT2D eigenvalue weighted by molar-refractivity contribution is 7.09. The highest BCUT2D eigenvalue weighted by Crippen LogP contribution is 2.12. The van der Waals surface area contributed by atoms with Gasteiger partial charge >= 0.3 is 0 Å². The molecule has 4 heteroatoms. The SMILES string of the molecule is CCCC(N)Cc1csc(CCOC)n1. The summed E-state index contributed by atoms with van der Waals surface area (Å²) in [6.07, 6.45) is 4.02. The number of hydrogen-bond donors (Lipinski definition) is 1. The minimum absolute atomic E-state index is 0.257. The van der Waals surface area contributed by atoms with Crippen LogP contribution in [0.2, 0.25) is 0 Å². The van der Waals surface area contributed by atoms with Crippen molar-refractivity contribution in [3.05, 3.63) is 16.1 Å². The quantitative estimate of drug-likeness (QED) is 0.776. The molecule has 2 N–H and O–H groups in total. The molecule has 86 valence electrons. The van der Waals surface area contributed by atoms with Crippen LogP contribution < -0.4 is 5.73 Å². The third kappa shape index (κ3) is 4.73. The van der Waals surface area contributed by atoms with Crippen LogP contribution in [0.25, 0.3) is 0 Å². The monoisotopic (exact) mass is 228 g/mol. The van der Waals surface area contributed by atoms with E-state index in [0.29, 0.717) is 0 Å². The number of nitrogens with zero attached hydrogens (tertiary/aromatic N) is 1. The van der Waals surface area contributed by atoms with E-state index in [1.54, 1.807) is 18.4 Å². The maximum Gasteiger partial charge on any atom is 0.0951 e. The summed E-state index contributed by atoms with van der Waals surface area (Å²) in [4.78, 5) is 4.53. The predicted molar refractivity (Wildman–Crippen MR) is 64.3 cm³/mol. The Morgan fingerprint density at radius 3 is 3.07 bits per heavy atom. The largest absolute Gasteiger partial charge is 0.384 e. The number of ether oxygens (including phenoxy) is 1. The fourth-order valence-corrected chi connectivity index (χ4v) is 2.28. The maximum atomic E-state index is 5.97. The minimum Gasteiger partial charge on any atom is -0.384 e. The summed E-state index contributed by atoms with van der Waals surface area (Å²) < 4.78 is 5.02. The third-order valence-electron chi connectivity index (χ3n) is 2.25. The average Bonchev–Trinajstić information content (AvgIpc) is 2.63. The molecule has 0 aliphatic heterocycles. The van der Waals surface area contributed by atoms with Gasteiger partial charge in [0.05, 0.1) is 17.3 Å². The first-order chi connectivity index (χ1) is 7.26. The zero-order valence-electron chi connectivity index (χ0n) is 9.53. The van der Waals surface area contributed by atoms with Crippen molar-refractivity contribution in [3.63, 3.8) is 0 Å². The standard InChI is InChI=1S/C11H20N2OS/c1-3-4-9(12)7-10-8-15-11(13-10)5-6-14-2/h8-9H,3-7,12H2,1-2H3. The third-order valence-corrected chi connectivity index (χ3v) is 3.21. The Bertz CT molecular complexity index is 275. The molecule has 0 aliphatic rings. The van der Waals surface area contributed by atoms with Crippen LogP contribution in [0.3, 0.4) is 0 Å². The lowest BCUT2D eigenvalue weighted by Gasteiger charge is -2.06. The molecule has 1 aromatic heterocycles. The van der Waals surface area contributed by atoms with Crippen molar-refractivity contribution in [1.82, 2.24) is 4.98 Å². The fourth-order valence-electron chi connectivity index (χ4n) is 1.49. The normalized spacial score (nSPS) is 13.0. The predicted octanol–water partition coefficient (Wildman–Crippen LogP) is 2.00. The van der Waals surface area contributed by atoms with Gasteiger partial charge in [-0.25, -0.2) is 4.98 Å². The molecule has 0 saturated heterocycles. The first kappa shape index (κ1) is 12.6. The number of rotatable bonds is 7. The summed E-state index contributed by atoms with van der Waals surface area (Å²) >= 11 is 1.70. The van der Waals surface area contributed by atoms with E-state index in [9.17, 15) is 0 Å². The molecule has 0 amide bonds. The smallest absolute Gasteiger partial charge is 0.0951 e. The summed E-state index contributed by atoms with van der Waals surface area (Å²) in [5.41, 5.74) is 7.10. The number of aromatic nitrogens is 1. The molecule has 0 aromatic carbocycles. The molecule has 0 bridgehead atoms. The molecule has 1 unspecified atom stereocenters. The number of thiazole rings is 1. The van der Waals surface area contributed by atoms with Crippen LogP contribution in [0.5, 0.6) is 0 Å². The lowest BCUT2D eigenvalue weighted by Crippen LogP contribution is -2.22. The topological polar surface area (TPSA) is 48.1 Å². The van der Waals surface area contributed by atoms with E-state index in [0.717, 1.165) is 43.0 Å². The van der Waals surface area contributed by atoms with Crippen LogP contribution in [-0.4, -0.2) is 24.7 Å². The molecular weight excluding hydrogens is 208 g/mol. The van der Waals surface area contributed by atoms with Gasteiger partial charge in [0.2, 0.25) is 0 Å². The van der Waals surface area contributed by atoms with Crippen LogP contribution in [0.15, 0.2) is 5.38 Å². The van der Waals surface area contributed by atoms with Crippen LogP contribution in [-0.2, 0) is 17.6 Å². The van der Waals surface area contributed by atoms with Crippen LogP contribution in [0.1, 0.15) is 30.5 Å². The Hall–Kier alpha value is -0.450. The second kappa shape index (κ2) is 6.93. The van der Waals surface area contributed by atoms with E-state index < -0.39 is 0 Å². The zero-order valence-corrected chi connectivity index (χ0v) is 10.3. The average molecular weight is 228 g/mol. The van der Waals surface area contributed by atoms with Gasteiger partial charge in [0, 0.05) is 31.4 Å². The van der Waals surface area contributed by atoms with Gasteiger partial charge < -0.3 is 10.5 Å². The Labute approximate surface area is 95.7 Å². The van der Waals surface area contributed by atoms with Crippen LogP contribution >= 0.6 is 11.3 Å². The summed E-state index contributed by atoms with van der Waals surface area (Å²) in [7, 11) is 1.71. The molecule has 1 rings (SSSR count). The van der Waals surface area contributed by atoms with Crippen molar-refractivity contribution in [2.75, 3.05) is 13.7 Å². The van der Waals surface area contributed by atoms with Gasteiger partial charge in [-0.05, 0) is 6.42 Å². The number of nitrogens with two attached hydrogens (primary N) is 1. The second-order valence-corrected chi connectivity index (χ2v) is 4.67. The molecule has 0 aliphatic carbocycles. The Balaban J connectivity index is 2.38. The molecule has 15 heavy (non-hydrogen) atoms. The molecule has 1 atom stereocenters. The molecule has 0 fully saturated rings. The molecule has 0 radical (unpaired) electrons. The lowest BCUT2D eigenvalue weighted by molar-refractivity contribution is 0.202. The molecule has 1 heterocycles. The van der Waals surface area contributed by atoms with Crippen molar-refractivity contribution < 1.29 is 4.74 Å². The van der Waals surface area contributed by atoms with E-state index in [4.69, 9.17) is 10.5 Å². The summed E-state index contributed by atoms with van der Waals surface area (Å²) in [6.45, 7) is 2.90. The van der Waals surface area contributed by atoms with Gasteiger partial charge in [-0.3, -0.25) is 0 Å². The summed E-state index contributed by atoms with van der Waals surface area (Å²) in [5, 5.41) is 3.26. The molecular formula is C11H20N2OS. The molecule has 1 aromatic rings. The van der Waals surface area contributed by atoms with E-state index in [2.05, 4.69) is 17.3 Å². The Kier molecular flexibility index (Phi) is 5.83. The second-order valence-electron chi connectivity index (χ2n) is 3.73. The maximum absolute atomic E-state index is 5.97. The van der Waals surface area contributed by atoms with Gasteiger partial charge in [-0.1, -0.05) is 13.3 Å². The fraction of sp³-hybridized carbons (Fsp3) is 0.727. The number of methoxy groups -OCH3 is 1. The molecule has 0 spiro atoms. The van der Waals surface area contributed by atoms with Crippen LogP contribution in [0, 0.1) is 0 Å². The van der Waals surface area contributed by atoms with Crippen molar-refractivity contribution in [3.8, 4) is 0 Å². The van der Waals surface area contributed by atoms with E-state index in [1.165, 1.54) is 0 Å². The Morgan fingerprint density at radius 1 is 1.60 bits per heavy atom. The van der Waals surface area contributed by atoms with E-state index >= 15 is 0 Å². The first-order valence-electron chi connectivity index (χ1n) is 5.44. The zero-order chi connectivity index (χ0) is 11.1. The van der Waals surface area contributed by atoms with Crippen molar-refractivity contribution >= 4 is 11.3 Å². The van der Waals surface area contributed by atoms with Crippen molar-refractivity contribution in [1.29, 1.82) is 0 Å². The summed E-state index contributed by atoms with van der Waals surface area (Å²) in [6, 6.07) is 0.257. The van der Waals surface area contributed by atoms with E-state index in [1.807, 2.05) is 0 Å². The highest BCUT2D eigenvalue weighted by Gasteiger charge is 2.06. The number of hydrogen-bond acceptors (Lipinski definition) is 4. The highest BCUT2D eigenvalue weighted by atomic mass is 32.1. The van der Waals surface area contributed by atoms with Gasteiger partial charge in [0.15, 0.2) is 0 Å². The van der Waals surface area contributed by atoms with Gasteiger partial charge in [-0.15, -0.1) is 11.3 Å². The van der Waals surface area contributed by atoms with Gasteiger partial charge in [0.1, 0.15) is 0 Å². The van der Waals surface area contributed by atoms with Crippen LogP contribution in [0.4, 0.5) is 0 Å². The lowest BCUT2D eigenvalue weighted by atomic mass is 10.1. The minimum atomic E-state index is 0.257. The first-order valence-corrected chi connectivity index (χ1v) is 6.32. The van der Waals surface area contributed by atoms with E-state index in [-0.39, 0.29) is 6.04 Å². The van der Waals surface area contributed by atoms with Gasteiger partial charge in [-0.2, -0.15) is 0 Å². The Morgan fingerprint density at radius 2 is 2.40 bits per heavy atom. The van der Waals surface area contributed by atoms with Crippen molar-refractivity contribution in [2.24, 2.45) is 5.73 Å². The molecule has 0 saturated carbocycles. The molecule has 3 nitrogen and oxygen atoms in total. The van der Waals surface area contributed by atoms with Crippen molar-refractivity contribution in [2.45, 2.75) is 38.6 Å². The summed E-state index contributed by atoms with van der Waals surface area (Å²) in [5.74, 6) is 0. The van der Waals surface area contributed by atoms with Gasteiger partial charge in [0.25, 0.3) is 0 Å².